The highest BCUT2D eigenvalue weighted by molar-refractivity contribution is 5.97. The minimum absolute atomic E-state index is 0.0735. The first-order valence-electron chi connectivity index (χ1n) is 9.42. The fourth-order valence-electron chi connectivity index (χ4n) is 6.50. The third kappa shape index (κ3) is 1.94. The van der Waals surface area contributed by atoms with Gasteiger partial charge in [0.25, 0.3) is 0 Å². The van der Waals surface area contributed by atoms with Crippen molar-refractivity contribution in [1.82, 2.24) is 0 Å². The number of fused-ring (bicyclic) bond motifs is 5. The SMILES string of the molecule is CC(=O)C1=CC=C2[C@@H]3CCC4CC(=O)CC[C@]4(C)[C@H]3C[C@@H](O)[C@]12C. The maximum absolute atomic E-state index is 12.1. The van der Waals surface area contributed by atoms with E-state index in [1.165, 1.54) is 5.57 Å². The van der Waals surface area contributed by atoms with Crippen molar-refractivity contribution >= 4 is 11.6 Å². The lowest BCUT2D eigenvalue weighted by Crippen LogP contribution is -2.55. The van der Waals surface area contributed by atoms with Crippen LogP contribution in [0.15, 0.2) is 23.3 Å². The van der Waals surface area contributed by atoms with E-state index in [2.05, 4.69) is 19.9 Å². The average Bonchev–Trinajstić information content (AvgIpc) is 2.88. The van der Waals surface area contributed by atoms with Crippen molar-refractivity contribution < 1.29 is 14.7 Å². The Hall–Kier alpha value is -1.22. The predicted octanol–water partition coefficient (Wildman–Crippen LogP) is 3.61. The van der Waals surface area contributed by atoms with Crippen LogP contribution in [0.1, 0.15) is 59.3 Å². The minimum Gasteiger partial charge on any atom is -0.392 e. The topological polar surface area (TPSA) is 54.4 Å². The van der Waals surface area contributed by atoms with Gasteiger partial charge in [-0.3, -0.25) is 9.59 Å². The predicted molar refractivity (Wildman–Crippen MR) is 92.2 cm³/mol. The van der Waals surface area contributed by atoms with Crippen molar-refractivity contribution in [3.63, 3.8) is 0 Å². The molecule has 0 aromatic carbocycles. The number of aliphatic hydroxyl groups excluding tert-OH is 1. The molecule has 4 aliphatic carbocycles. The molecule has 0 saturated heterocycles. The Morgan fingerprint density at radius 2 is 2.00 bits per heavy atom. The van der Waals surface area contributed by atoms with Crippen LogP contribution in [0.4, 0.5) is 0 Å². The fraction of sp³-hybridized carbons (Fsp3) is 0.714. The van der Waals surface area contributed by atoms with Gasteiger partial charge >= 0.3 is 0 Å². The van der Waals surface area contributed by atoms with E-state index >= 15 is 0 Å². The molecule has 0 radical (unpaired) electrons. The van der Waals surface area contributed by atoms with E-state index in [1.807, 2.05) is 6.08 Å². The molecular weight excluding hydrogens is 300 g/mol. The Labute approximate surface area is 144 Å². The first-order valence-corrected chi connectivity index (χ1v) is 9.42. The molecule has 4 rings (SSSR count). The molecule has 0 amide bonds. The van der Waals surface area contributed by atoms with E-state index in [-0.39, 0.29) is 11.2 Å². The molecule has 0 bridgehead atoms. The quantitative estimate of drug-likeness (QED) is 0.800. The Morgan fingerprint density at radius 1 is 1.25 bits per heavy atom. The minimum atomic E-state index is -0.504. The molecule has 3 heteroatoms. The van der Waals surface area contributed by atoms with Gasteiger partial charge in [-0.2, -0.15) is 0 Å². The molecule has 0 aliphatic heterocycles. The molecule has 130 valence electrons. The molecule has 1 N–H and O–H groups in total. The van der Waals surface area contributed by atoms with Crippen LogP contribution in [0.25, 0.3) is 0 Å². The summed E-state index contributed by atoms with van der Waals surface area (Å²) < 4.78 is 0. The van der Waals surface area contributed by atoms with Crippen LogP contribution in [0.5, 0.6) is 0 Å². The number of allylic oxidation sites excluding steroid dienone is 2. The lowest BCUT2D eigenvalue weighted by Gasteiger charge is -2.59. The van der Waals surface area contributed by atoms with E-state index in [4.69, 9.17) is 0 Å². The van der Waals surface area contributed by atoms with E-state index in [0.29, 0.717) is 30.0 Å². The van der Waals surface area contributed by atoms with Crippen LogP contribution < -0.4 is 0 Å². The smallest absolute Gasteiger partial charge is 0.156 e. The molecule has 24 heavy (non-hydrogen) atoms. The summed E-state index contributed by atoms with van der Waals surface area (Å²) in [6.45, 7) is 6.02. The number of aliphatic hydroxyl groups is 1. The second kappa shape index (κ2) is 5.14. The summed E-state index contributed by atoms with van der Waals surface area (Å²) >= 11 is 0. The van der Waals surface area contributed by atoms with Crippen molar-refractivity contribution in [3.05, 3.63) is 23.3 Å². The van der Waals surface area contributed by atoms with Crippen molar-refractivity contribution in [3.8, 4) is 0 Å². The molecule has 0 aromatic rings. The molecule has 4 aliphatic rings. The zero-order chi connectivity index (χ0) is 17.3. The molecule has 1 unspecified atom stereocenters. The molecule has 3 saturated carbocycles. The number of hydrogen-bond donors (Lipinski definition) is 1. The van der Waals surface area contributed by atoms with Gasteiger partial charge in [-0.1, -0.05) is 24.6 Å². The third-order valence-electron chi connectivity index (χ3n) is 8.02. The van der Waals surface area contributed by atoms with Gasteiger partial charge in [-0.05, 0) is 62.7 Å². The van der Waals surface area contributed by atoms with Gasteiger partial charge in [-0.15, -0.1) is 0 Å². The number of Topliss-reactive ketones (excluding diaryl/α,β-unsaturated/α-hetero) is 2. The maximum Gasteiger partial charge on any atom is 0.156 e. The van der Waals surface area contributed by atoms with Crippen molar-refractivity contribution in [2.24, 2.45) is 28.6 Å². The Balaban J connectivity index is 1.71. The maximum atomic E-state index is 12.1. The normalized spacial score (nSPS) is 47.2. The van der Waals surface area contributed by atoms with Gasteiger partial charge in [0.2, 0.25) is 0 Å². The van der Waals surface area contributed by atoms with Gasteiger partial charge in [0.15, 0.2) is 5.78 Å². The summed E-state index contributed by atoms with van der Waals surface area (Å²) in [5, 5.41) is 11.1. The highest BCUT2D eigenvalue weighted by Crippen LogP contribution is 2.64. The number of ketones is 2. The van der Waals surface area contributed by atoms with Crippen molar-refractivity contribution in [1.29, 1.82) is 0 Å². The summed E-state index contributed by atoms with van der Waals surface area (Å²) in [7, 11) is 0. The van der Waals surface area contributed by atoms with E-state index in [1.54, 1.807) is 6.92 Å². The second-order valence-electron chi connectivity index (χ2n) is 8.95. The van der Waals surface area contributed by atoms with Gasteiger partial charge in [-0.25, -0.2) is 0 Å². The van der Waals surface area contributed by atoms with Crippen LogP contribution in [-0.2, 0) is 9.59 Å². The lowest BCUT2D eigenvalue weighted by atomic mass is 9.45. The molecule has 6 atom stereocenters. The van der Waals surface area contributed by atoms with Gasteiger partial charge in [0, 0.05) is 23.8 Å². The molecular formula is C21H28O3. The standard InChI is InChI=1S/C21H28O3/c1-12(22)16-6-7-17-15-5-4-13-10-14(23)8-9-20(13,2)18(15)11-19(24)21(16,17)3/h6-7,13,15,18-19,24H,4-5,8-11H2,1-3H3/t13?,15-,18-,19+,20-,21+/m0/s1. The summed E-state index contributed by atoms with van der Waals surface area (Å²) in [6.07, 6.45) is 8.88. The lowest BCUT2D eigenvalue weighted by molar-refractivity contribution is -0.134. The molecule has 0 heterocycles. The Morgan fingerprint density at radius 3 is 2.71 bits per heavy atom. The Bertz CT molecular complexity index is 673. The van der Waals surface area contributed by atoms with Crippen molar-refractivity contribution in [2.75, 3.05) is 0 Å². The first kappa shape index (κ1) is 16.3. The Kier molecular flexibility index (Phi) is 3.48. The fourth-order valence-corrected chi connectivity index (χ4v) is 6.50. The number of carbonyl (C=O) groups excluding carboxylic acids is 2. The van der Waals surface area contributed by atoms with E-state index in [0.717, 1.165) is 37.7 Å². The van der Waals surface area contributed by atoms with E-state index < -0.39 is 11.5 Å². The highest BCUT2D eigenvalue weighted by Gasteiger charge is 2.59. The molecule has 0 spiro atoms. The number of hydrogen-bond acceptors (Lipinski definition) is 3. The van der Waals surface area contributed by atoms with Crippen LogP contribution in [0.3, 0.4) is 0 Å². The summed E-state index contributed by atoms with van der Waals surface area (Å²) in [5.41, 5.74) is 1.70. The largest absolute Gasteiger partial charge is 0.392 e. The highest BCUT2D eigenvalue weighted by atomic mass is 16.3. The monoisotopic (exact) mass is 328 g/mol. The zero-order valence-corrected chi connectivity index (χ0v) is 15.0. The van der Waals surface area contributed by atoms with Crippen molar-refractivity contribution in [2.45, 2.75) is 65.4 Å². The van der Waals surface area contributed by atoms with Crippen LogP contribution in [-0.4, -0.2) is 22.8 Å². The van der Waals surface area contributed by atoms with Gasteiger partial charge in [0.05, 0.1) is 6.10 Å². The molecule has 3 fully saturated rings. The van der Waals surface area contributed by atoms with Crippen LogP contribution in [0, 0.1) is 28.6 Å². The summed E-state index contributed by atoms with van der Waals surface area (Å²) in [4.78, 5) is 24.0. The number of rotatable bonds is 1. The third-order valence-corrected chi connectivity index (χ3v) is 8.02. The summed E-state index contributed by atoms with van der Waals surface area (Å²) in [6, 6.07) is 0. The second-order valence-corrected chi connectivity index (χ2v) is 8.95. The average molecular weight is 328 g/mol. The molecule has 0 aromatic heterocycles. The summed E-state index contributed by atoms with van der Waals surface area (Å²) in [5.74, 6) is 1.83. The zero-order valence-electron chi connectivity index (χ0n) is 15.0. The van der Waals surface area contributed by atoms with Gasteiger partial charge in [0.1, 0.15) is 5.78 Å². The van der Waals surface area contributed by atoms with Crippen LogP contribution >= 0.6 is 0 Å². The van der Waals surface area contributed by atoms with Crippen LogP contribution in [0.2, 0.25) is 0 Å². The van der Waals surface area contributed by atoms with E-state index in [9.17, 15) is 14.7 Å². The van der Waals surface area contributed by atoms with Gasteiger partial charge < -0.3 is 5.11 Å². The first-order chi connectivity index (χ1) is 11.3. The molecule has 3 nitrogen and oxygen atoms in total. The number of carbonyl (C=O) groups is 2.